The second-order valence-corrected chi connectivity index (χ2v) is 9.35. The molecular weight excluding hydrogens is 428 g/mol. The van der Waals surface area contributed by atoms with Gasteiger partial charge in [-0.3, -0.25) is 14.2 Å². The molecule has 3 aliphatic heterocycles. The predicted octanol–water partition coefficient (Wildman–Crippen LogP) is 3.47. The van der Waals surface area contributed by atoms with E-state index in [9.17, 15) is 14.4 Å². The van der Waals surface area contributed by atoms with Gasteiger partial charge in [-0.2, -0.15) is 0 Å². The fraction of sp³-hybridized carbons (Fsp3) is 0.458. The van der Waals surface area contributed by atoms with Crippen molar-refractivity contribution in [3.8, 4) is 0 Å². The summed E-state index contributed by atoms with van der Waals surface area (Å²) in [4.78, 5) is 44.1. The van der Waals surface area contributed by atoms with Crippen LogP contribution in [0.5, 0.6) is 0 Å². The molecule has 1 aromatic heterocycles. The largest absolute Gasteiger partial charge is 0.342 e. The van der Waals surface area contributed by atoms with Gasteiger partial charge in [-0.15, -0.1) is 0 Å². The van der Waals surface area contributed by atoms with Crippen LogP contribution in [0.15, 0.2) is 42.6 Å². The van der Waals surface area contributed by atoms with E-state index in [1.807, 2.05) is 33.0 Å². The Morgan fingerprint density at radius 3 is 2.31 bits per heavy atom. The van der Waals surface area contributed by atoms with Crippen LogP contribution in [-0.2, 0) is 11.3 Å². The Kier molecular flexibility index (Phi) is 5.67. The summed E-state index contributed by atoms with van der Waals surface area (Å²) in [5, 5.41) is 0.550. The van der Waals surface area contributed by atoms with Gasteiger partial charge in [0, 0.05) is 60.6 Å². The molecule has 32 heavy (non-hydrogen) atoms. The van der Waals surface area contributed by atoms with Crippen molar-refractivity contribution in [3.63, 3.8) is 0 Å². The Hall–Kier alpha value is -2.80. The van der Waals surface area contributed by atoms with Gasteiger partial charge in [0.1, 0.15) is 0 Å². The van der Waals surface area contributed by atoms with Crippen LogP contribution in [0.2, 0.25) is 5.02 Å². The number of carbonyl (C=O) groups excluding carboxylic acids is 3. The summed E-state index contributed by atoms with van der Waals surface area (Å²) in [7, 11) is 0. The zero-order chi connectivity index (χ0) is 22.2. The minimum Gasteiger partial charge on any atom is -0.342 e. The molecule has 0 spiro atoms. The van der Waals surface area contributed by atoms with Crippen LogP contribution in [0.1, 0.15) is 41.7 Å². The number of carbonyl (C=O) groups is 3. The van der Waals surface area contributed by atoms with Crippen molar-refractivity contribution in [2.75, 3.05) is 26.2 Å². The van der Waals surface area contributed by atoms with Gasteiger partial charge < -0.3 is 14.7 Å². The van der Waals surface area contributed by atoms with Crippen molar-refractivity contribution >= 4 is 29.4 Å². The van der Waals surface area contributed by atoms with Gasteiger partial charge in [-0.25, -0.2) is 4.79 Å². The lowest BCUT2D eigenvalue weighted by atomic mass is 9.93. The number of benzene rings is 1. The van der Waals surface area contributed by atoms with Gasteiger partial charge in [0.05, 0.1) is 6.54 Å². The van der Waals surface area contributed by atoms with E-state index in [2.05, 4.69) is 0 Å². The zero-order valence-corrected chi connectivity index (χ0v) is 18.7. The van der Waals surface area contributed by atoms with Crippen molar-refractivity contribution in [1.82, 2.24) is 19.3 Å². The molecule has 0 saturated carbocycles. The fourth-order valence-corrected chi connectivity index (χ4v) is 5.38. The van der Waals surface area contributed by atoms with E-state index in [0.717, 1.165) is 18.5 Å². The molecule has 168 valence electrons. The molecule has 4 heterocycles. The number of piperidine rings is 2. The standard InChI is InChI=1S/C24H27ClN4O3/c25-19-4-1-3-18(15-19)23(31)26-11-6-17(7-12-26)22(30)27-13-8-20(9-14-27)29-16-21-5-2-10-28(21)24(29)32/h1-5,10,15,17,20H,6-9,11-14,16H2. The van der Waals surface area contributed by atoms with Gasteiger partial charge in [0.2, 0.25) is 5.91 Å². The Morgan fingerprint density at radius 2 is 1.62 bits per heavy atom. The zero-order valence-electron chi connectivity index (χ0n) is 18.0. The van der Waals surface area contributed by atoms with E-state index in [0.29, 0.717) is 56.2 Å². The summed E-state index contributed by atoms with van der Waals surface area (Å²) < 4.78 is 1.72. The summed E-state index contributed by atoms with van der Waals surface area (Å²) in [6.07, 6.45) is 4.82. The average molecular weight is 455 g/mol. The van der Waals surface area contributed by atoms with E-state index in [1.165, 1.54) is 0 Å². The van der Waals surface area contributed by atoms with E-state index in [1.54, 1.807) is 28.8 Å². The molecule has 0 radical (unpaired) electrons. The first-order chi connectivity index (χ1) is 15.5. The quantitative estimate of drug-likeness (QED) is 0.713. The van der Waals surface area contributed by atoms with Crippen molar-refractivity contribution < 1.29 is 14.4 Å². The van der Waals surface area contributed by atoms with Gasteiger partial charge in [-0.05, 0) is 56.0 Å². The number of fused-ring (bicyclic) bond motifs is 1. The molecule has 2 saturated heterocycles. The van der Waals surface area contributed by atoms with E-state index >= 15 is 0 Å². The smallest absolute Gasteiger partial charge is 0.329 e. The van der Waals surface area contributed by atoms with Crippen LogP contribution in [0, 0.1) is 5.92 Å². The highest BCUT2D eigenvalue weighted by molar-refractivity contribution is 6.30. The number of nitrogens with zero attached hydrogens (tertiary/aromatic N) is 4. The molecule has 2 aromatic rings. The van der Waals surface area contributed by atoms with Crippen molar-refractivity contribution in [3.05, 3.63) is 58.9 Å². The molecule has 0 unspecified atom stereocenters. The summed E-state index contributed by atoms with van der Waals surface area (Å²) in [5.41, 5.74) is 1.63. The van der Waals surface area contributed by atoms with Crippen LogP contribution < -0.4 is 0 Å². The third kappa shape index (κ3) is 3.90. The van der Waals surface area contributed by atoms with Crippen LogP contribution in [0.25, 0.3) is 0 Å². The molecule has 3 amide bonds. The summed E-state index contributed by atoms with van der Waals surface area (Å²) in [6, 6.07) is 11.1. The van der Waals surface area contributed by atoms with Crippen LogP contribution in [-0.4, -0.2) is 69.3 Å². The number of halogens is 1. The summed E-state index contributed by atoms with van der Waals surface area (Å²) in [6.45, 7) is 3.19. The van der Waals surface area contributed by atoms with Gasteiger partial charge in [0.25, 0.3) is 5.91 Å². The SMILES string of the molecule is O=C(c1cccc(Cl)c1)N1CCC(C(=O)N2CCC(N3Cc4cccn4C3=O)CC2)CC1. The maximum Gasteiger partial charge on any atom is 0.329 e. The molecule has 1 aromatic carbocycles. The van der Waals surface area contributed by atoms with E-state index in [-0.39, 0.29) is 29.8 Å². The van der Waals surface area contributed by atoms with Crippen molar-refractivity contribution in [2.24, 2.45) is 5.92 Å². The molecule has 8 heteroatoms. The van der Waals surface area contributed by atoms with Crippen LogP contribution in [0.4, 0.5) is 4.79 Å². The maximum absolute atomic E-state index is 13.1. The maximum atomic E-state index is 13.1. The number of amides is 3. The molecular formula is C24H27ClN4O3. The predicted molar refractivity (Wildman–Crippen MR) is 120 cm³/mol. The second-order valence-electron chi connectivity index (χ2n) is 8.91. The van der Waals surface area contributed by atoms with Gasteiger partial charge >= 0.3 is 6.03 Å². The number of rotatable bonds is 3. The molecule has 0 aliphatic carbocycles. The molecule has 2 fully saturated rings. The topological polar surface area (TPSA) is 65.9 Å². The lowest BCUT2D eigenvalue weighted by molar-refractivity contribution is -0.138. The van der Waals surface area contributed by atoms with Crippen molar-refractivity contribution in [2.45, 2.75) is 38.3 Å². The highest BCUT2D eigenvalue weighted by atomic mass is 35.5. The first-order valence-corrected chi connectivity index (χ1v) is 11.7. The Bertz CT molecular complexity index is 1040. The van der Waals surface area contributed by atoms with E-state index < -0.39 is 0 Å². The third-order valence-electron chi connectivity index (χ3n) is 7.04. The first kappa shape index (κ1) is 21.1. The lowest BCUT2D eigenvalue weighted by Crippen LogP contribution is -2.50. The normalized spacial score (nSPS) is 20.0. The number of hydrogen-bond acceptors (Lipinski definition) is 3. The Morgan fingerprint density at radius 1 is 0.906 bits per heavy atom. The highest BCUT2D eigenvalue weighted by Crippen LogP contribution is 2.28. The Labute approximate surface area is 192 Å². The van der Waals surface area contributed by atoms with Crippen molar-refractivity contribution in [1.29, 1.82) is 0 Å². The van der Waals surface area contributed by atoms with Crippen LogP contribution >= 0.6 is 11.6 Å². The fourth-order valence-electron chi connectivity index (χ4n) is 5.19. The molecule has 0 atom stereocenters. The minimum absolute atomic E-state index is 0.0278. The molecule has 0 N–H and O–H groups in total. The minimum atomic E-state index is -0.0378. The second kappa shape index (κ2) is 8.62. The lowest BCUT2D eigenvalue weighted by Gasteiger charge is -2.39. The monoisotopic (exact) mass is 454 g/mol. The number of hydrogen-bond donors (Lipinski definition) is 0. The average Bonchev–Trinajstić information content (AvgIpc) is 3.41. The molecule has 0 bridgehead atoms. The van der Waals surface area contributed by atoms with Gasteiger partial charge in [0.15, 0.2) is 0 Å². The summed E-state index contributed by atoms with van der Waals surface area (Å²) in [5.74, 6) is 0.126. The van der Waals surface area contributed by atoms with E-state index in [4.69, 9.17) is 11.6 Å². The number of aromatic nitrogens is 1. The Balaban J connectivity index is 1.11. The summed E-state index contributed by atoms with van der Waals surface area (Å²) >= 11 is 6.01. The molecule has 7 nitrogen and oxygen atoms in total. The van der Waals surface area contributed by atoms with Crippen LogP contribution in [0.3, 0.4) is 0 Å². The molecule has 3 aliphatic rings. The molecule has 5 rings (SSSR count). The highest BCUT2D eigenvalue weighted by Gasteiger charge is 2.37. The third-order valence-corrected chi connectivity index (χ3v) is 7.27. The van der Waals surface area contributed by atoms with Gasteiger partial charge in [-0.1, -0.05) is 17.7 Å². The first-order valence-electron chi connectivity index (χ1n) is 11.3. The number of likely N-dealkylation sites (tertiary alicyclic amines) is 2.